The summed E-state index contributed by atoms with van der Waals surface area (Å²) in [5.41, 5.74) is 4.69. The minimum absolute atomic E-state index is 0.0496. The zero-order valence-electron chi connectivity index (χ0n) is 17.3. The van der Waals surface area contributed by atoms with Gasteiger partial charge >= 0.3 is 0 Å². The van der Waals surface area contributed by atoms with Gasteiger partial charge in [-0.2, -0.15) is 0 Å². The number of para-hydroxylation sites is 2. The third-order valence-corrected chi connectivity index (χ3v) is 5.18. The summed E-state index contributed by atoms with van der Waals surface area (Å²) in [6.07, 6.45) is 0.300. The maximum absolute atomic E-state index is 12.4. The van der Waals surface area contributed by atoms with Crippen molar-refractivity contribution in [3.8, 4) is 5.75 Å². The van der Waals surface area contributed by atoms with E-state index in [1.54, 1.807) is 0 Å². The number of aryl methyl sites for hydroxylation is 3. The van der Waals surface area contributed by atoms with Crippen LogP contribution >= 0.6 is 0 Å². The van der Waals surface area contributed by atoms with Gasteiger partial charge in [-0.25, -0.2) is 4.98 Å². The van der Waals surface area contributed by atoms with Gasteiger partial charge in [-0.15, -0.1) is 0 Å². The average Bonchev–Trinajstić information content (AvgIpc) is 3.25. The molecule has 0 saturated heterocycles. The fraction of sp³-hybridized carbons (Fsp3) is 0.261. The van der Waals surface area contributed by atoms with Crippen molar-refractivity contribution < 1.29 is 14.1 Å². The monoisotopic (exact) mass is 404 g/mol. The van der Waals surface area contributed by atoms with Crippen LogP contribution < -0.4 is 10.1 Å². The molecule has 4 aromatic rings. The molecule has 7 nitrogen and oxygen atoms in total. The molecule has 0 bridgehead atoms. The van der Waals surface area contributed by atoms with Gasteiger partial charge < -0.3 is 19.1 Å². The van der Waals surface area contributed by atoms with Crippen LogP contribution in [0, 0.1) is 13.8 Å². The van der Waals surface area contributed by atoms with Crippen LogP contribution in [0.15, 0.2) is 53.1 Å². The van der Waals surface area contributed by atoms with Crippen LogP contribution in [-0.4, -0.2) is 20.6 Å². The van der Waals surface area contributed by atoms with Gasteiger partial charge in [0.25, 0.3) is 0 Å². The number of hydrogen-bond donors (Lipinski definition) is 1. The first-order valence-electron chi connectivity index (χ1n) is 9.82. The van der Waals surface area contributed by atoms with Crippen molar-refractivity contribution in [1.29, 1.82) is 0 Å². The highest BCUT2D eigenvalue weighted by Crippen LogP contribution is 2.18. The summed E-state index contributed by atoms with van der Waals surface area (Å²) in [6.45, 7) is 4.56. The molecule has 1 N–H and O–H groups in total. The molecular weight excluding hydrogens is 380 g/mol. The Morgan fingerprint density at radius 3 is 2.60 bits per heavy atom. The largest absolute Gasteiger partial charge is 0.489 e. The molecule has 0 radical (unpaired) electrons. The average molecular weight is 404 g/mol. The van der Waals surface area contributed by atoms with E-state index in [1.807, 2.05) is 74.0 Å². The molecule has 0 unspecified atom stereocenters. The van der Waals surface area contributed by atoms with Gasteiger partial charge in [-0.05, 0) is 43.7 Å². The molecule has 0 aliphatic heterocycles. The van der Waals surface area contributed by atoms with Gasteiger partial charge in [0.2, 0.25) is 5.91 Å². The number of amides is 1. The van der Waals surface area contributed by atoms with E-state index in [4.69, 9.17) is 9.26 Å². The molecule has 0 atom stereocenters. The van der Waals surface area contributed by atoms with E-state index in [1.165, 1.54) is 0 Å². The van der Waals surface area contributed by atoms with E-state index < -0.39 is 0 Å². The summed E-state index contributed by atoms with van der Waals surface area (Å²) >= 11 is 0. The van der Waals surface area contributed by atoms with Crippen LogP contribution in [0.1, 0.15) is 28.4 Å². The number of fused-ring (bicyclic) bond motifs is 1. The number of ether oxygens (including phenoxy) is 1. The molecule has 7 heteroatoms. The minimum atomic E-state index is -0.0496. The maximum atomic E-state index is 12.4. The molecule has 2 heterocycles. The number of carbonyl (C=O) groups is 1. The zero-order chi connectivity index (χ0) is 21.1. The van der Waals surface area contributed by atoms with E-state index in [-0.39, 0.29) is 5.91 Å². The third kappa shape index (κ3) is 4.20. The Bertz CT molecular complexity index is 1160. The SMILES string of the molecule is Cc1noc(C)c1COc1ccc(CC(=O)NCc2nc3ccccc3n2C)cc1. The van der Waals surface area contributed by atoms with Crippen molar-refractivity contribution in [2.75, 3.05) is 0 Å². The van der Waals surface area contributed by atoms with Crippen LogP contribution in [0.25, 0.3) is 11.0 Å². The molecule has 2 aromatic heterocycles. The highest BCUT2D eigenvalue weighted by atomic mass is 16.5. The van der Waals surface area contributed by atoms with Crippen molar-refractivity contribution >= 4 is 16.9 Å². The number of aromatic nitrogens is 3. The van der Waals surface area contributed by atoms with Crippen molar-refractivity contribution in [3.05, 3.63) is 76.9 Å². The second-order valence-electron chi connectivity index (χ2n) is 7.26. The van der Waals surface area contributed by atoms with Crippen molar-refractivity contribution in [1.82, 2.24) is 20.0 Å². The van der Waals surface area contributed by atoms with Crippen LogP contribution in [0.5, 0.6) is 5.75 Å². The molecule has 2 aromatic carbocycles. The highest BCUT2D eigenvalue weighted by molar-refractivity contribution is 5.79. The lowest BCUT2D eigenvalue weighted by Gasteiger charge is -2.08. The molecule has 154 valence electrons. The second kappa shape index (κ2) is 8.41. The normalized spacial score (nSPS) is 11.0. The van der Waals surface area contributed by atoms with Gasteiger partial charge in [0.05, 0.1) is 35.3 Å². The predicted molar refractivity (Wildman–Crippen MR) is 113 cm³/mol. The summed E-state index contributed by atoms with van der Waals surface area (Å²) in [4.78, 5) is 16.9. The molecule has 0 aliphatic carbocycles. The Balaban J connectivity index is 1.30. The van der Waals surface area contributed by atoms with E-state index in [9.17, 15) is 4.79 Å². The first kappa shape index (κ1) is 19.7. The quantitative estimate of drug-likeness (QED) is 0.509. The zero-order valence-corrected chi connectivity index (χ0v) is 17.3. The van der Waals surface area contributed by atoms with Crippen LogP contribution in [-0.2, 0) is 31.4 Å². The van der Waals surface area contributed by atoms with Gasteiger partial charge in [-0.1, -0.05) is 29.4 Å². The van der Waals surface area contributed by atoms with E-state index in [0.29, 0.717) is 19.6 Å². The fourth-order valence-corrected chi connectivity index (χ4v) is 3.35. The van der Waals surface area contributed by atoms with Crippen molar-refractivity contribution in [3.63, 3.8) is 0 Å². The lowest BCUT2D eigenvalue weighted by atomic mass is 10.1. The Morgan fingerprint density at radius 1 is 1.13 bits per heavy atom. The summed E-state index contributed by atoms with van der Waals surface area (Å²) in [6, 6.07) is 15.5. The molecule has 0 spiro atoms. The van der Waals surface area contributed by atoms with Gasteiger partial charge in [-0.3, -0.25) is 4.79 Å². The first-order valence-corrected chi connectivity index (χ1v) is 9.82. The number of carbonyl (C=O) groups excluding carboxylic acids is 1. The van der Waals surface area contributed by atoms with Crippen LogP contribution in [0.4, 0.5) is 0 Å². The Labute approximate surface area is 174 Å². The lowest BCUT2D eigenvalue weighted by molar-refractivity contribution is -0.120. The molecular formula is C23H24N4O3. The molecule has 30 heavy (non-hydrogen) atoms. The molecule has 1 amide bonds. The highest BCUT2D eigenvalue weighted by Gasteiger charge is 2.11. The number of hydrogen-bond acceptors (Lipinski definition) is 5. The third-order valence-electron chi connectivity index (χ3n) is 5.18. The summed E-state index contributed by atoms with van der Waals surface area (Å²) in [7, 11) is 1.96. The smallest absolute Gasteiger partial charge is 0.224 e. The Hall–Kier alpha value is -3.61. The molecule has 0 saturated carbocycles. The van der Waals surface area contributed by atoms with E-state index in [2.05, 4.69) is 15.5 Å². The Kier molecular flexibility index (Phi) is 5.52. The summed E-state index contributed by atoms with van der Waals surface area (Å²) in [5.74, 6) is 2.28. The summed E-state index contributed by atoms with van der Waals surface area (Å²) in [5, 5.41) is 6.88. The van der Waals surface area contributed by atoms with Crippen LogP contribution in [0.2, 0.25) is 0 Å². The van der Waals surface area contributed by atoms with Gasteiger partial charge in [0.15, 0.2) is 0 Å². The lowest BCUT2D eigenvalue weighted by Crippen LogP contribution is -2.25. The fourth-order valence-electron chi connectivity index (χ4n) is 3.35. The van der Waals surface area contributed by atoms with E-state index in [0.717, 1.165) is 45.2 Å². The number of nitrogens with one attached hydrogen (secondary N) is 1. The number of imidazole rings is 1. The molecule has 0 fully saturated rings. The standard InChI is InChI=1S/C23H24N4O3/c1-15-19(16(2)30-26-15)14-29-18-10-8-17(9-11-18)12-23(28)24-13-22-25-20-6-4-5-7-21(20)27(22)3/h4-11H,12-14H2,1-3H3,(H,24,28). The second-order valence-corrected chi connectivity index (χ2v) is 7.26. The van der Waals surface area contributed by atoms with E-state index >= 15 is 0 Å². The number of rotatable bonds is 7. The van der Waals surface area contributed by atoms with Crippen LogP contribution in [0.3, 0.4) is 0 Å². The maximum Gasteiger partial charge on any atom is 0.224 e. The predicted octanol–water partition coefficient (Wildman–Crippen LogP) is 3.62. The number of nitrogens with zero attached hydrogens (tertiary/aromatic N) is 3. The number of benzene rings is 2. The molecule has 4 rings (SSSR count). The van der Waals surface area contributed by atoms with Gasteiger partial charge in [0, 0.05) is 7.05 Å². The first-order chi connectivity index (χ1) is 14.5. The van der Waals surface area contributed by atoms with Crippen molar-refractivity contribution in [2.24, 2.45) is 7.05 Å². The van der Waals surface area contributed by atoms with Crippen molar-refractivity contribution in [2.45, 2.75) is 33.4 Å². The van der Waals surface area contributed by atoms with Gasteiger partial charge in [0.1, 0.15) is 23.9 Å². The molecule has 0 aliphatic rings. The minimum Gasteiger partial charge on any atom is -0.489 e. The topological polar surface area (TPSA) is 82.2 Å². The summed E-state index contributed by atoms with van der Waals surface area (Å²) < 4.78 is 13.0. The Morgan fingerprint density at radius 2 is 1.90 bits per heavy atom.